The van der Waals surface area contributed by atoms with Gasteiger partial charge in [0.15, 0.2) is 5.96 Å². The summed E-state index contributed by atoms with van der Waals surface area (Å²) in [5, 5.41) is 3.46. The van der Waals surface area contributed by atoms with Crippen LogP contribution >= 0.6 is 0 Å². The van der Waals surface area contributed by atoms with Crippen LogP contribution in [-0.2, 0) is 6.42 Å². The molecule has 1 aromatic rings. The molecular weight excluding hydrogens is 258 g/mol. The van der Waals surface area contributed by atoms with Crippen molar-refractivity contribution < 1.29 is 0 Å². The fourth-order valence-corrected chi connectivity index (χ4v) is 3.19. The van der Waals surface area contributed by atoms with E-state index < -0.39 is 0 Å². The molecule has 0 aromatic heterocycles. The van der Waals surface area contributed by atoms with Crippen LogP contribution in [-0.4, -0.2) is 37.0 Å². The Morgan fingerprint density at radius 1 is 1.19 bits per heavy atom. The summed E-state index contributed by atoms with van der Waals surface area (Å²) in [6, 6.07) is 10.9. The Kier molecular flexibility index (Phi) is 4.47. The number of aliphatic imine (C=N–C) groups is 1. The van der Waals surface area contributed by atoms with E-state index in [4.69, 9.17) is 4.99 Å². The smallest absolute Gasteiger partial charge is 0.193 e. The molecule has 1 heterocycles. The number of nitrogens with zero attached hydrogens (tertiary/aromatic N) is 2. The van der Waals surface area contributed by atoms with E-state index in [9.17, 15) is 0 Å². The van der Waals surface area contributed by atoms with Crippen molar-refractivity contribution in [2.24, 2.45) is 10.4 Å². The highest BCUT2D eigenvalue weighted by Gasteiger charge is 2.42. The summed E-state index contributed by atoms with van der Waals surface area (Å²) in [6.45, 7) is 6.42. The highest BCUT2D eigenvalue weighted by molar-refractivity contribution is 5.80. The molecule has 2 aliphatic rings. The Bertz CT molecular complexity index is 470. The van der Waals surface area contributed by atoms with E-state index in [1.807, 2.05) is 0 Å². The molecule has 0 bridgehead atoms. The molecule has 1 aromatic carbocycles. The summed E-state index contributed by atoms with van der Waals surface area (Å²) >= 11 is 0. The molecule has 0 spiro atoms. The molecule has 3 nitrogen and oxygen atoms in total. The number of benzene rings is 1. The third-order valence-electron chi connectivity index (χ3n) is 4.68. The summed E-state index contributed by atoms with van der Waals surface area (Å²) in [5.74, 6) is 1.13. The maximum atomic E-state index is 4.96. The van der Waals surface area contributed by atoms with Crippen LogP contribution in [0.1, 0.15) is 38.2 Å². The van der Waals surface area contributed by atoms with E-state index in [-0.39, 0.29) is 0 Å². The van der Waals surface area contributed by atoms with Gasteiger partial charge in [0.05, 0.1) is 0 Å². The van der Waals surface area contributed by atoms with Gasteiger partial charge >= 0.3 is 0 Å². The maximum absolute atomic E-state index is 4.96. The first-order valence-electron chi connectivity index (χ1n) is 8.39. The minimum atomic E-state index is 0.432. The van der Waals surface area contributed by atoms with E-state index >= 15 is 0 Å². The topological polar surface area (TPSA) is 27.6 Å². The van der Waals surface area contributed by atoms with Gasteiger partial charge in [0, 0.05) is 26.2 Å². The van der Waals surface area contributed by atoms with Gasteiger partial charge in [0.1, 0.15) is 0 Å². The van der Waals surface area contributed by atoms with Crippen LogP contribution in [0.2, 0.25) is 0 Å². The van der Waals surface area contributed by atoms with Crippen molar-refractivity contribution in [1.82, 2.24) is 10.2 Å². The van der Waals surface area contributed by atoms with Gasteiger partial charge in [-0.25, -0.2) is 0 Å². The van der Waals surface area contributed by atoms with Crippen molar-refractivity contribution >= 4 is 5.96 Å². The third-order valence-corrected chi connectivity index (χ3v) is 4.68. The van der Waals surface area contributed by atoms with Crippen LogP contribution in [0.5, 0.6) is 0 Å². The van der Waals surface area contributed by atoms with E-state index in [2.05, 4.69) is 47.5 Å². The summed E-state index contributed by atoms with van der Waals surface area (Å²) < 4.78 is 0. The molecule has 0 radical (unpaired) electrons. The molecule has 0 amide bonds. The maximum Gasteiger partial charge on any atom is 0.193 e. The molecule has 114 valence electrons. The molecule has 0 atom stereocenters. The third kappa shape index (κ3) is 3.78. The van der Waals surface area contributed by atoms with Crippen LogP contribution < -0.4 is 5.32 Å². The van der Waals surface area contributed by atoms with E-state index in [0.717, 1.165) is 32.1 Å². The Balaban J connectivity index is 1.62. The lowest BCUT2D eigenvalue weighted by Gasteiger charge is -2.22. The van der Waals surface area contributed by atoms with Crippen LogP contribution in [0.4, 0.5) is 0 Å². The minimum Gasteiger partial charge on any atom is -0.357 e. The van der Waals surface area contributed by atoms with Crippen molar-refractivity contribution in [3.8, 4) is 0 Å². The Hall–Kier alpha value is -1.51. The lowest BCUT2D eigenvalue weighted by Crippen LogP contribution is -2.40. The first kappa shape index (κ1) is 14.4. The lowest BCUT2D eigenvalue weighted by molar-refractivity contribution is 0.475. The molecule has 2 fully saturated rings. The van der Waals surface area contributed by atoms with Gasteiger partial charge in [-0.3, -0.25) is 4.99 Å². The van der Waals surface area contributed by atoms with Crippen LogP contribution in [0.15, 0.2) is 35.3 Å². The molecule has 21 heavy (non-hydrogen) atoms. The van der Waals surface area contributed by atoms with Gasteiger partial charge in [0.25, 0.3) is 0 Å². The van der Waals surface area contributed by atoms with Crippen LogP contribution in [0.3, 0.4) is 0 Å². The minimum absolute atomic E-state index is 0.432. The predicted molar refractivity (Wildman–Crippen MR) is 88.6 cm³/mol. The van der Waals surface area contributed by atoms with Crippen LogP contribution in [0.25, 0.3) is 0 Å². The molecule has 1 N–H and O–H groups in total. The number of hydrogen-bond acceptors (Lipinski definition) is 1. The second kappa shape index (κ2) is 6.50. The highest BCUT2D eigenvalue weighted by Crippen LogP contribution is 2.48. The Labute approximate surface area is 128 Å². The van der Waals surface area contributed by atoms with E-state index in [1.165, 1.54) is 37.7 Å². The molecule has 0 unspecified atom stereocenters. The zero-order valence-corrected chi connectivity index (χ0v) is 13.1. The quantitative estimate of drug-likeness (QED) is 0.665. The predicted octanol–water partition coefficient (Wildman–Crippen LogP) is 3.07. The zero-order valence-electron chi connectivity index (χ0n) is 13.1. The number of rotatable bonds is 5. The van der Waals surface area contributed by atoms with Crippen molar-refractivity contribution in [1.29, 1.82) is 0 Å². The van der Waals surface area contributed by atoms with Crippen molar-refractivity contribution in [3.63, 3.8) is 0 Å². The molecular formula is C18H27N3. The number of nitrogens with one attached hydrogen (secondary N) is 1. The summed E-state index contributed by atoms with van der Waals surface area (Å²) in [7, 11) is 0. The molecule has 1 saturated heterocycles. The van der Waals surface area contributed by atoms with E-state index in [1.54, 1.807) is 0 Å². The van der Waals surface area contributed by atoms with Gasteiger partial charge in [-0.2, -0.15) is 0 Å². The fourth-order valence-electron chi connectivity index (χ4n) is 3.19. The SMILES string of the molecule is CCNC(=NCC1(Cc2ccccc2)CC1)N1CCCC1. The second-order valence-corrected chi connectivity index (χ2v) is 6.53. The summed E-state index contributed by atoms with van der Waals surface area (Å²) in [5.41, 5.74) is 1.89. The van der Waals surface area contributed by atoms with Crippen molar-refractivity contribution in [2.45, 2.75) is 39.0 Å². The average molecular weight is 285 g/mol. The van der Waals surface area contributed by atoms with Crippen LogP contribution in [0, 0.1) is 5.41 Å². The fraction of sp³-hybridized carbons (Fsp3) is 0.611. The van der Waals surface area contributed by atoms with Gasteiger partial charge in [-0.1, -0.05) is 30.3 Å². The number of likely N-dealkylation sites (tertiary alicyclic amines) is 1. The molecule has 1 aliphatic carbocycles. The van der Waals surface area contributed by atoms with Crippen molar-refractivity contribution in [2.75, 3.05) is 26.2 Å². The Morgan fingerprint density at radius 2 is 1.90 bits per heavy atom. The normalized spacial score (nSPS) is 20.6. The largest absolute Gasteiger partial charge is 0.357 e. The lowest BCUT2D eigenvalue weighted by atomic mass is 9.97. The Morgan fingerprint density at radius 3 is 2.52 bits per heavy atom. The van der Waals surface area contributed by atoms with Gasteiger partial charge in [-0.15, -0.1) is 0 Å². The average Bonchev–Trinajstić information content (AvgIpc) is 3.05. The van der Waals surface area contributed by atoms with Gasteiger partial charge < -0.3 is 10.2 Å². The summed E-state index contributed by atoms with van der Waals surface area (Å²) in [6.07, 6.45) is 6.44. The number of guanidine groups is 1. The van der Waals surface area contributed by atoms with Gasteiger partial charge in [0.2, 0.25) is 0 Å². The van der Waals surface area contributed by atoms with Gasteiger partial charge in [-0.05, 0) is 50.0 Å². The standard InChI is InChI=1S/C18H27N3/c1-2-19-17(21-12-6-7-13-21)20-15-18(10-11-18)14-16-8-4-3-5-9-16/h3-5,8-9H,2,6-7,10-15H2,1H3,(H,19,20). The number of hydrogen-bond donors (Lipinski definition) is 1. The first-order valence-corrected chi connectivity index (χ1v) is 8.39. The molecule has 3 heteroatoms. The molecule has 1 saturated carbocycles. The second-order valence-electron chi connectivity index (χ2n) is 6.53. The zero-order chi connectivity index (χ0) is 14.5. The monoisotopic (exact) mass is 285 g/mol. The highest BCUT2D eigenvalue weighted by atomic mass is 15.3. The molecule has 3 rings (SSSR count). The van der Waals surface area contributed by atoms with Crippen molar-refractivity contribution in [3.05, 3.63) is 35.9 Å². The summed E-state index contributed by atoms with van der Waals surface area (Å²) in [4.78, 5) is 7.38. The molecule has 1 aliphatic heterocycles. The van der Waals surface area contributed by atoms with E-state index in [0.29, 0.717) is 5.41 Å². The first-order chi connectivity index (χ1) is 10.3.